The summed E-state index contributed by atoms with van der Waals surface area (Å²) in [6.45, 7) is 0. The first-order valence-electron chi connectivity index (χ1n) is 8.99. The highest BCUT2D eigenvalue weighted by Crippen LogP contribution is 2.54. The standard InChI is InChI=1S/C19H15F3N4O2S/c20-19(21,22)12-5-7-13(8-6-12)29(27,28)26-15-2-1-9-23-17(15)16-14(10-24-25-16)18(26)11-3-4-11/h1-2,5-11,18H,3-4H2,(H,24,25). The van der Waals surface area contributed by atoms with Crippen LogP contribution in [0.5, 0.6) is 0 Å². The zero-order valence-corrected chi connectivity index (χ0v) is 15.7. The number of nitrogens with one attached hydrogen (secondary N) is 1. The lowest BCUT2D eigenvalue weighted by Crippen LogP contribution is -2.38. The molecule has 1 aliphatic heterocycles. The molecule has 0 amide bonds. The third-order valence-electron chi connectivity index (χ3n) is 5.30. The van der Waals surface area contributed by atoms with Crippen LogP contribution >= 0.6 is 0 Å². The molecule has 1 fully saturated rings. The summed E-state index contributed by atoms with van der Waals surface area (Å²) < 4.78 is 67.1. The summed E-state index contributed by atoms with van der Waals surface area (Å²) in [5.74, 6) is 0.115. The molecule has 3 aromatic rings. The number of alkyl halides is 3. The summed E-state index contributed by atoms with van der Waals surface area (Å²) >= 11 is 0. The van der Waals surface area contributed by atoms with Crippen LogP contribution in [-0.4, -0.2) is 23.6 Å². The van der Waals surface area contributed by atoms with Crippen molar-refractivity contribution < 1.29 is 21.6 Å². The number of pyridine rings is 1. The maximum absolute atomic E-state index is 13.6. The molecule has 1 unspecified atom stereocenters. The normalized spacial score (nSPS) is 19.0. The maximum atomic E-state index is 13.6. The van der Waals surface area contributed by atoms with E-state index < -0.39 is 27.8 Å². The summed E-state index contributed by atoms with van der Waals surface area (Å²) in [6.07, 6.45) is 0.420. The molecule has 2 aromatic heterocycles. The Hall–Kier alpha value is -2.88. The van der Waals surface area contributed by atoms with Crippen molar-refractivity contribution in [1.82, 2.24) is 15.2 Å². The Morgan fingerprint density at radius 1 is 1.07 bits per heavy atom. The second-order valence-electron chi connectivity index (χ2n) is 7.17. The van der Waals surface area contributed by atoms with Gasteiger partial charge in [0.1, 0.15) is 11.4 Å². The van der Waals surface area contributed by atoms with Crippen LogP contribution in [0.3, 0.4) is 0 Å². The lowest BCUT2D eigenvalue weighted by Gasteiger charge is -2.37. The maximum Gasteiger partial charge on any atom is 0.416 e. The Bertz CT molecular complexity index is 1180. The lowest BCUT2D eigenvalue weighted by molar-refractivity contribution is -0.137. The fraction of sp³-hybridized carbons (Fsp3) is 0.263. The van der Waals surface area contributed by atoms with Gasteiger partial charge < -0.3 is 0 Å². The Labute approximate surface area is 164 Å². The van der Waals surface area contributed by atoms with Gasteiger partial charge in [-0.3, -0.25) is 14.4 Å². The van der Waals surface area contributed by atoms with Gasteiger partial charge in [0, 0.05) is 18.0 Å². The van der Waals surface area contributed by atoms with Crippen molar-refractivity contribution in [3.63, 3.8) is 0 Å². The molecule has 3 heterocycles. The smallest absolute Gasteiger partial charge is 0.285 e. The number of halogens is 3. The Morgan fingerprint density at radius 3 is 2.45 bits per heavy atom. The highest BCUT2D eigenvalue weighted by atomic mass is 32.2. The van der Waals surface area contributed by atoms with Crippen molar-refractivity contribution >= 4 is 15.7 Å². The third-order valence-corrected chi connectivity index (χ3v) is 7.11. The van der Waals surface area contributed by atoms with Crippen molar-refractivity contribution in [3.05, 3.63) is 59.9 Å². The van der Waals surface area contributed by atoms with Crippen molar-refractivity contribution in [2.75, 3.05) is 4.31 Å². The van der Waals surface area contributed by atoms with Crippen LogP contribution in [0.1, 0.15) is 30.0 Å². The first kappa shape index (κ1) is 18.2. The molecular weight excluding hydrogens is 405 g/mol. The quantitative estimate of drug-likeness (QED) is 0.690. The Kier molecular flexibility index (Phi) is 3.79. The second kappa shape index (κ2) is 6.06. The number of hydrogen-bond donors (Lipinski definition) is 1. The van der Waals surface area contributed by atoms with Gasteiger partial charge in [-0.05, 0) is 55.2 Å². The molecular formula is C19H15F3N4O2S. The van der Waals surface area contributed by atoms with E-state index in [0.717, 1.165) is 42.7 Å². The predicted octanol–water partition coefficient (Wildman–Crippen LogP) is 4.15. The molecule has 0 spiro atoms. The van der Waals surface area contributed by atoms with E-state index in [1.165, 1.54) is 4.31 Å². The van der Waals surface area contributed by atoms with Gasteiger partial charge >= 0.3 is 6.18 Å². The largest absolute Gasteiger partial charge is 0.416 e. The van der Waals surface area contributed by atoms with Crippen LogP contribution in [0.4, 0.5) is 18.9 Å². The van der Waals surface area contributed by atoms with Gasteiger partial charge in [0.25, 0.3) is 10.0 Å². The molecule has 150 valence electrons. The molecule has 0 saturated heterocycles. The topological polar surface area (TPSA) is 79.0 Å². The van der Waals surface area contributed by atoms with Gasteiger partial charge in [-0.2, -0.15) is 18.3 Å². The van der Waals surface area contributed by atoms with Crippen molar-refractivity contribution in [3.8, 4) is 11.4 Å². The van der Waals surface area contributed by atoms with Gasteiger partial charge in [-0.25, -0.2) is 8.42 Å². The van der Waals surface area contributed by atoms with Crippen LogP contribution in [-0.2, 0) is 16.2 Å². The fourth-order valence-corrected chi connectivity index (χ4v) is 5.51. The number of benzene rings is 1. The zero-order chi connectivity index (χ0) is 20.4. The summed E-state index contributed by atoms with van der Waals surface area (Å²) in [7, 11) is -4.13. The molecule has 6 nitrogen and oxygen atoms in total. The first-order chi connectivity index (χ1) is 13.8. The van der Waals surface area contributed by atoms with E-state index >= 15 is 0 Å². The summed E-state index contributed by atoms with van der Waals surface area (Å²) in [5, 5.41) is 7.05. The van der Waals surface area contributed by atoms with Crippen molar-refractivity contribution in [2.24, 2.45) is 5.92 Å². The van der Waals surface area contributed by atoms with Crippen molar-refractivity contribution in [2.45, 2.75) is 30.0 Å². The molecule has 1 saturated carbocycles. The summed E-state index contributed by atoms with van der Waals surface area (Å²) in [4.78, 5) is 4.12. The van der Waals surface area contributed by atoms with Crippen LogP contribution in [0, 0.1) is 5.92 Å². The van der Waals surface area contributed by atoms with Crippen LogP contribution in [0.25, 0.3) is 11.4 Å². The van der Waals surface area contributed by atoms with Crippen LogP contribution in [0.15, 0.2) is 53.7 Å². The molecule has 29 heavy (non-hydrogen) atoms. The Morgan fingerprint density at radius 2 is 1.79 bits per heavy atom. The minimum absolute atomic E-state index is 0.115. The van der Waals surface area contributed by atoms with Gasteiger partial charge in [-0.1, -0.05) is 0 Å². The number of sulfonamides is 1. The molecule has 2 aliphatic rings. The molecule has 1 N–H and O–H groups in total. The molecule has 0 bridgehead atoms. The highest BCUT2D eigenvalue weighted by Gasteiger charge is 2.47. The molecule has 10 heteroatoms. The van der Waals surface area contributed by atoms with E-state index in [2.05, 4.69) is 15.2 Å². The number of aromatic nitrogens is 3. The number of hydrogen-bond acceptors (Lipinski definition) is 4. The van der Waals surface area contributed by atoms with Gasteiger partial charge in [0.05, 0.1) is 22.2 Å². The Balaban J connectivity index is 1.67. The first-order valence-corrected chi connectivity index (χ1v) is 10.4. The van der Waals surface area contributed by atoms with Gasteiger partial charge in [0.15, 0.2) is 0 Å². The van der Waals surface area contributed by atoms with E-state index in [0.29, 0.717) is 17.1 Å². The number of rotatable bonds is 3. The van der Waals surface area contributed by atoms with E-state index in [9.17, 15) is 21.6 Å². The SMILES string of the molecule is O=S(=O)(c1ccc(C(F)(F)F)cc1)N1c2cccnc2-c2n[nH]cc2C1C1CC1. The van der Waals surface area contributed by atoms with Crippen LogP contribution in [0.2, 0.25) is 0 Å². The number of H-pyrrole nitrogens is 1. The number of anilines is 1. The van der Waals surface area contributed by atoms with E-state index in [-0.39, 0.29) is 10.8 Å². The molecule has 5 rings (SSSR count). The number of fused-ring (bicyclic) bond motifs is 3. The number of aromatic amines is 1. The molecule has 1 atom stereocenters. The molecule has 1 aromatic carbocycles. The van der Waals surface area contributed by atoms with Crippen LogP contribution < -0.4 is 4.31 Å². The lowest BCUT2D eigenvalue weighted by atomic mass is 9.96. The molecule has 0 radical (unpaired) electrons. The average molecular weight is 420 g/mol. The zero-order valence-electron chi connectivity index (χ0n) is 14.9. The van der Waals surface area contributed by atoms with E-state index in [1.54, 1.807) is 24.5 Å². The monoisotopic (exact) mass is 420 g/mol. The average Bonchev–Trinajstić information content (AvgIpc) is 3.41. The van der Waals surface area contributed by atoms with Crippen molar-refractivity contribution in [1.29, 1.82) is 0 Å². The second-order valence-corrected chi connectivity index (χ2v) is 8.98. The molecule has 1 aliphatic carbocycles. The van der Waals surface area contributed by atoms with E-state index in [1.807, 2.05) is 0 Å². The minimum atomic E-state index is -4.54. The minimum Gasteiger partial charge on any atom is -0.285 e. The summed E-state index contributed by atoms with van der Waals surface area (Å²) in [5.41, 5.74) is 1.25. The van der Waals surface area contributed by atoms with Gasteiger partial charge in [-0.15, -0.1) is 0 Å². The predicted molar refractivity (Wildman–Crippen MR) is 98.4 cm³/mol. The number of nitrogens with zero attached hydrogens (tertiary/aromatic N) is 3. The van der Waals surface area contributed by atoms with Gasteiger partial charge in [0.2, 0.25) is 0 Å². The highest BCUT2D eigenvalue weighted by molar-refractivity contribution is 7.92. The fourth-order valence-electron chi connectivity index (χ4n) is 3.81. The summed E-state index contributed by atoms with van der Waals surface area (Å²) in [6, 6.07) is 6.39. The van der Waals surface area contributed by atoms with E-state index in [4.69, 9.17) is 0 Å². The third kappa shape index (κ3) is 2.81.